The minimum Gasteiger partial charge on any atom is -0.357 e. The molecule has 1 aromatic heterocycles. The minimum absolute atomic E-state index is 0.238. The van der Waals surface area contributed by atoms with Crippen molar-refractivity contribution in [2.75, 3.05) is 5.32 Å². The van der Waals surface area contributed by atoms with Gasteiger partial charge in [0.25, 0.3) is 0 Å². The summed E-state index contributed by atoms with van der Waals surface area (Å²) in [6.07, 6.45) is 0. The summed E-state index contributed by atoms with van der Waals surface area (Å²) in [6.45, 7) is 0.642. The quantitative estimate of drug-likeness (QED) is 0.757. The van der Waals surface area contributed by atoms with Crippen molar-refractivity contribution in [3.63, 3.8) is 0 Å². The highest BCUT2D eigenvalue weighted by atomic mass is 35.5. The molecule has 0 saturated carbocycles. The zero-order chi connectivity index (χ0) is 13.2. The van der Waals surface area contributed by atoms with E-state index in [2.05, 4.69) is 10.3 Å². The highest BCUT2D eigenvalue weighted by Gasteiger charge is 2.04. The SMILES string of the molecule is Fc1ccc2nc(NCc3cccc(Cl)c3)sc2c1. The number of thiazole rings is 1. The maximum atomic E-state index is 13.1. The van der Waals surface area contributed by atoms with Crippen LogP contribution in [0.4, 0.5) is 9.52 Å². The lowest BCUT2D eigenvalue weighted by Gasteiger charge is -2.02. The van der Waals surface area contributed by atoms with Gasteiger partial charge in [-0.05, 0) is 35.9 Å². The third-order valence-electron chi connectivity index (χ3n) is 2.68. The molecule has 0 unspecified atom stereocenters. The van der Waals surface area contributed by atoms with E-state index in [9.17, 15) is 4.39 Å². The van der Waals surface area contributed by atoms with Crippen LogP contribution in [0.2, 0.25) is 5.02 Å². The standard InChI is InChI=1S/C14H10ClFN2S/c15-10-3-1-2-9(6-10)8-17-14-18-12-5-4-11(16)7-13(12)19-14/h1-7H,8H2,(H,17,18). The Morgan fingerprint density at radius 2 is 2.11 bits per heavy atom. The predicted molar refractivity (Wildman–Crippen MR) is 78.4 cm³/mol. The van der Waals surface area contributed by atoms with E-state index < -0.39 is 0 Å². The first-order valence-corrected chi connectivity index (χ1v) is 6.94. The van der Waals surface area contributed by atoms with Gasteiger partial charge in [0.1, 0.15) is 5.82 Å². The van der Waals surface area contributed by atoms with Gasteiger partial charge in [0.05, 0.1) is 10.2 Å². The average molecular weight is 293 g/mol. The zero-order valence-electron chi connectivity index (χ0n) is 9.86. The maximum Gasteiger partial charge on any atom is 0.184 e. The number of fused-ring (bicyclic) bond motifs is 1. The fourth-order valence-corrected chi connectivity index (χ4v) is 2.90. The second kappa shape index (κ2) is 5.15. The number of rotatable bonds is 3. The van der Waals surface area contributed by atoms with Gasteiger partial charge in [-0.15, -0.1) is 0 Å². The molecule has 0 saturated heterocycles. The van der Waals surface area contributed by atoms with Crippen LogP contribution < -0.4 is 5.32 Å². The number of anilines is 1. The molecule has 1 heterocycles. The molecule has 0 bridgehead atoms. The molecule has 3 rings (SSSR count). The van der Waals surface area contributed by atoms with Gasteiger partial charge in [0.15, 0.2) is 5.13 Å². The first-order valence-electron chi connectivity index (χ1n) is 5.75. The Bertz CT molecular complexity index is 726. The first kappa shape index (κ1) is 12.4. The summed E-state index contributed by atoms with van der Waals surface area (Å²) in [5, 5.41) is 4.72. The topological polar surface area (TPSA) is 24.9 Å². The molecular formula is C14H10ClFN2S. The van der Waals surface area contributed by atoms with Gasteiger partial charge in [-0.3, -0.25) is 0 Å². The maximum absolute atomic E-state index is 13.1. The van der Waals surface area contributed by atoms with Crippen LogP contribution in [0.25, 0.3) is 10.2 Å². The van der Waals surface area contributed by atoms with Crippen LogP contribution in [0.15, 0.2) is 42.5 Å². The van der Waals surface area contributed by atoms with Crippen LogP contribution in [0.5, 0.6) is 0 Å². The van der Waals surface area contributed by atoms with E-state index in [0.29, 0.717) is 11.6 Å². The minimum atomic E-state index is -0.238. The van der Waals surface area contributed by atoms with Crippen molar-refractivity contribution in [2.45, 2.75) is 6.54 Å². The van der Waals surface area contributed by atoms with Crippen molar-refractivity contribution in [3.8, 4) is 0 Å². The van der Waals surface area contributed by atoms with Crippen molar-refractivity contribution in [2.24, 2.45) is 0 Å². The van der Waals surface area contributed by atoms with Gasteiger partial charge in [-0.1, -0.05) is 35.1 Å². The van der Waals surface area contributed by atoms with Gasteiger partial charge < -0.3 is 5.32 Å². The molecule has 2 nitrogen and oxygen atoms in total. The lowest BCUT2D eigenvalue weighted by Crippen LogP contribution is -1.98. The average Bonchev–Trinajstić information content (AvgIpc) is 2.78. The summed E-state index contributed by atoms with van der Waals surface area (Å²) < 4.78 is 13.9. The Hall–Kier alpha value is -1.65. The molecule has 0 spiro atoms. The summed E-state index contributed by atoms with van der Waals surface area (Å²) in [4.78, 5) is 4.40. The van der Waals surface area contributed by atoms with Crippen molar-refractivity contribution in [1.29, 1.82) is 0 Å². The molecule has 0 amide bonds. The van der Waals surface area contributed by atoms with E-state index in [-0.39, 0.29) is 5.82 Å². The fraction of sp³-hybridized carbons (Fsp3) is 0.0714. The number of aromatic nitrogens is 1. The highest BCUT2D eigenvalue weighted by Crippen LogP contribution is 2.26. The summed E-state index contributed by atoms with van der Waals surface area (Å²) in [7, 11) is 0. The normalized spacial score (nSPS) is 10.8. The lowest BCUT2D eigenvalue weighted by molar-refractivity contribution is 0.630. The van der Waals surface area contributed by atoms with Crippen LogP contribution in [-0.2, 0) is 6.54 Å². The Balaban J connectivity index is 1.78. The number of benzene rings is 2. The predicted octanol–water partition coefficient (Wildman–Crippen LogP) is 4.70. The van der Waals surface area contributed by atoms with Gasteiger partial charge >= 0.3 is 0 Å². The molecule has 3 aromatic rings. The summed E-state index contributed by atoms with van der Waals surface area (Å²) in [6, 6.07) is 12.2. The molecule has 96 valence electrons. The molecule has 0 atom stereocenters. The summed E-state index contributed by atoms with van der Waals surface area (Å²) in [5.74, 6) is -0.238. The molecule has 0 fully saturated rings. The van der Waals surface area contributed by atoms with Crippen LogP contribution in [0.1, 0.15) is 5.56 Å². The number of nitrogens with zero attached hydrogens (tertiary/aromatic N) is 1. The molecule has 5 heteroatoms. The van der Waals surface area contributed by atoms with Crippen molar-refractivity contribution in [1.82, 2.24) is 4.98 Å². The van der Waals surface area contributed by atoms with Gasteiger partial charge in [-0.2, -0.15) is 0 Å². The van der Waals surface area contributed by atoms with E-state index in [4.69, 9.17) is 11.6 Å². The molecule has 0 aliphatic heterocycles. The molecule has 19 heavy (non-hydrogen) atoms. The van der Waals surface area contributed by atoms with E-state index in [1.54, 1.807) is 6.07 Å². The second-order valence-corrected chi connectivity index (χ2v) is 5.58. The Morgan fingerprint density at radius 3 is 2.95 bits per heavy atom. The van der Waals surface area contributed by atoms with Crippen LogP contribution in [0, 0.1) is 5.82 Å². The largest absolute Gasteiger partial charge is 0.357 e. The first-order chi connectivity index (χ1) is 9.20. The third-order valence-corrected chi connectivity index (χ3v) is 3.89. The molecule has 0 aliphatic carbocycles. The Labute approximate surface area is 118 Å². The van der Waals surface area contributed by atoms with Crippen LogP contribution in [-0.4, -0.2) is 4.98 Å². The zero-order valence-corrected chi connectivity index (χ0v) is 11.4. The molecule has 0 aliphatic rings. The number of hydrogen-bond acceptors (Lipinski definition) is 3. The number of halogens is 2. The second-order valence-electron chi connectivity index (χ2n) is 4.11. The summed E-state index contributed by atoms with van der Waals surface area (Å²) >= 11 is 7.37. The highest BCUT2D eigenvalue weighted by molar-refractivity contribution is 7.22. The molecule has 0 radical (unpaired) electrons. The Kier molecular flexibility index (Phi) is 3.36. The van der Waals surface area contributed by atoms with Crippen molar-refractivity contribution < 1.29 is 4.39 Å². The van der Waals surface area contributed by atoms with Crippen LogP contribution in [0.3, 0.4) is 0 Å². The monoisotopic (exact) mass is 292 g/mol. The Morgan fingerprint density at radius 1 is 1.21 bits per heavy atom. The third kappa shape index (κ3) is 2.85. The molecular weight excluding hydrogens is 283 g/mol. The van der Waals surface area contributed by atoms with E-state index in [1.165, 1.54) is 23.5 Å². The smallest absolute Gasteiger partial charge is 0.184 e. The summed E-state index contributed by atoms with van der Waals surface area (Å²) in [5.41, 5.74) is 1.89. The number of nitrogens with one attached hydrogen (secondary N) is 1. The number of hydrogen-bond donors (Lipinski definition) is 1. The van der Waals surface area contributed by atoms with Gasteiger partial charge in [0, 0.05) is 11.6 Å². The van der Waals surface area contributed by atoms with Crippen molar-refractivity contribution in [3.05, 3.63) is 58.9 Å². The lowest BCUT2D eigenvalue weighted by atomic mass is 10.2. The van der Waals surface area contributed by atoms with Crippen molar-refractivity contribution >= 4 is 38.3 Å². The molecule has 2 aromatic carbocycles. The van der Waals surface area contributed by atoms with E-state index >= 15 is 0 Å². The van der Waals surface area contributed by atoms with E-state index in [1.807, 2.05) is 24.3 Å². The van der Waals surface area contributed by atoms with Gasteiger partial charge in [0.2, 0.25) is 0 Å². The fourth-order valence-electron chi connectivity index (χ4n) is 1.80. The molecule has 1 N–H and O–H groups in total. The van der Waals surface area contributed by atoms with Crippen LogP contribution >= 0.6 is 22.9 Å². The van der Waals surface area contributed by atoms with E-state index in [0.717, 1.165) is 20.9 Å². The van der Waals surface area contributed by atoms with Gasteiger partial charge in [-0.25, -0.2) is 9.37 Å².